The summed E-state index contributed by atoms with van der Waals surface area (Å²) < 4.78 is 0. The normalized spacial score (nSPS) is 17.9. The van der Waals surface area contributed by atoms with Crippen LogP contribution in [0.25, 0.3) is 0 Å². The Labute approximate surface area is 115 Å². The third-order valence-electron chi connectivity index (χ3n) is 3.76. The maximum Gasteiger partial charge on any atom is 0.224 e. The molecule has 0 bridgehead atoms. The number of aryl methyl sites for hydroxylation is 1. The zero-order chi connectivity index (χ0) is 13.7. The first-order valence-electron chi connectivity index (χ1n) is 7.38. The van der Waals surface area contributed by atoms with Crippen molar-refractivity contribution < 1.29 is 4.79 Å². The third kappa shape index (κ3) is 3.57. The minimum absolute atomic E-state index is 0.0945. The summed E-state index contributed by atoms with van der Waals surface area (Å²) in [6, 6.07) is 6.80. The lowest BCUT2D eigenvalue weighted by Gasteiger charge is -2.27. The smallest absolute Gasteiger partial charge is 0.224 e. The Bertz CT molecular complexity index is 442. The van der Waals surface area contributed by atoms with Crippen molar-refractivity contribution in [1.82, 2.24) is 5.32 Å². The van der Waals surface area contributed by atoms with Gasteiger partial charge in [0.1, 0.15) is 0 Å². The van der Waals surface area contributed by atoms with Crippen molar-refractivity contribution in [3.63, 3.8) is 0 Å². The van der Waals surface area contributed by atoms with Gasteiger partial charge >= 0.3 is 0 Å². The number of amides is 1. The Morgan fingerprint density at radius 3 is 2.95 bits per heavy atom. The van der Waals surface area contributed by atoms with Crippen LogP contribution in [0.1, 0.15) is 44.2 Å². The lowest BCUT2D eigenvalue weighted by Crippen LogP contribution is -2.35. The van der Waals surface area contributed by atoms with E-state index in [0.717, 1.165) is 31.5 Å². The summed E-state index contributed by atoms with van der Waals surface area (Å²) in [6.07, 6.45) is 5.01. The summed E-state index contributed by atoms with van der Waals surface area (Å²) in [7, 11) is 0. The van der Waals surface area contributed by atoms with Crippen LogP contribution in [0.3, 0.4) is 0 Å². The van der Waals surface area contributed by atoms with Crippen LogP contribution >= 0.6 is 0 Å². The van der Waals surface area contributed by atoms with E-state index in [1.165, 1.54) is 17.5 Å². The van der Waals surface area contributed by atoms with Crippen molar-refractivity contribution in [2.24, 2.45) is 0 Å². The molecule has 1 aliphatic carbocycles. The van der Waals surface area contributed by atoms with E-state index < -0.39 is 0 Å². The van der Waals surface area contributed by atoms with Gasteiger partial charge in [0.2, 0.25) is 5.91 Å². The Kier molecular flexibility index (Phi) is 4.97. The average molecular weight is 260 g/mol. The predicted octanol–water partition coefficient (Wildman–Crippen LogP) is 2.89. The van der Waals surface area contributed by atoms with Crippen molar-refractivity contribution in [2.75, 3.05) is 11.9 Å². The number of nitrogens with one attached hydrogen (secondary N) is 2. The van der Waals surface area contributed by atoms with Crippen LogP contribution in [0.5, 0.6) is 0 Å². The maximum absolute atomic E-state index is 11.6. The van der Waals surface area contributed by atoms with Gasteiger partial charge in [-0.05, 0) is 49.4 Å². The zero-order valence-electron chi connectivity index (χ0n) is 12.0. The molecule has 0 heterocycles. The number of rotatable bonds is 5. The zero-order valence-corrected chi connectivity index (χ0v) is 12.0. The van der Waals surface area contributed by atoms with Gasteiger partial charge in [-0.25, -0.2) is 0 Å². The Morgan fingerprint density at radius 2 is 2.21 bits per heavy atom. The second-order valence-electron chi connectivity index (χ2n) is 5.24. The summed E-state index contributed by atoms with van der Waals surface area (Å²) in [6.45, 7) is 5.15. The van der Waals surface area contributed by atoms with Crippen LogP contribution in [0, 0.1) is 0 Å². The largest absolute Gasteiger partial charge is 0.326 e. The molecule has 1 aromatic rings. The first-order chi connectivity index (χ1) is 9.24. The maximum atomic E-state index is 11.6. The van der Waals surface area contributed by atoms with Gasteiger partial charge in [-0.1, -0.05) is 26.0 Å². The molecule has 0 spiro atoms. The van der Waals surface area contributed by atoms with Gasteiger partial charge < -0.3 is 10.6 Å². The number of hydrogen-bond acceptors (Lipinski definition) is 2. The highest BCUT2D eigenvalue weighted by Crippen LogP contribution is 2.28. The van der Waals surface area contributed by atoms with Crippen LogP contribution < -0.4 is 10.6 Å². The molecule has 1 unspecified atom stereocenters. The van der Waals surface area contributed by atoms with E-state index in [2.05, 4.69) is 23.6 Å². The summed E-state index contributed by atoms with van der Waals surface area (Å²) in [5.74, 6) is 0.0945. The highest BCUT2D eigenvalue weighted by atomic mass is 16.1. The monoisotopic (exact) mass is 260 g/mol. The quantitative estimate of drug-likeness (QED) is 0.854. The van der Waals surface area contributed by atoms with E-state index in [0.29, 0.717) is 12.5 Å². The molecule has 1 atom stereocenters. The first kappa shape index (κ1) is 14.1. The molecule has 1 aromatic carbocycles. The molecular formula is C16H24N2O. The molecule has 0 aliphatic heterocycles. The van der Waals surface area contributed by atoms with Gasteiger partial charge in [-0.2, -0.15) is 0 Å². The van der Waals surface area contributed by atoms with Crippen molar-refractivity contribution in [3.8, 4) is 0 Å². The van der Waals surface area contributed by atoms with Crippen LogP contribution in [0.4, 0.5) is 5.69 Å². The van der Waals surface area contributed by atoms with E-state index in [1.54, 1.807) is 0 Å². The second-order valence-corrected chi connectivity index (χ2v) is 5.24. The molecular weight excluding hydrogens is 236 g/mol. The Hall–Kier alpha value is -1.35. The molecule has 1 aliphatic rings. The molecule has 1 amide bonds. The highest BCUT2D eigenvalue weighted by Gasteiger charge is 2.20. The molecule has 0 aromatic heterocycles. The molecule has 0 radical (unpaired) electrons. The molecule has 2 rings (SSSR count). The summed E-state index contributed by atoms with van der Waals surface area (Å²) in [5, 5.41) is 6.62. The van der Waals surface area contributed by atoms with E-state index in [1.807, 2.05) is 19.1 Å². The fourth-order valence-electron chi connectivity index (χ4n) is 2.67. The molecule has 19 heavy (non-hydrogen) atoms. The van der Waals surface area contributed by atoms with E-state index in [9.17, 15) is 4.79 Å². The van der Waals surface area contributed by atoms with Gasteiger partial charge in [0.25, 0.3) is 0 Å². The molecule has 3 heteroatoms. The highest BCUT2D eigenvalue weighted by molar-refractivity contribution is 5.91. The van der Waals surface area contributed by atoms with Gasteiger partial charge in [-0.15, -0.1) is 0 Å². The number of carbonyl (C=O) groups excluding carboxylic acids is 1. The van der Waals surface area contributed by atoms with Crippen molar-refractivity contribution in [3.05, 3.63) is 29.3 Å². The standard InChI is InChI=1S/C16H24N2O/c1-3-10-17-13-9-8-12-6-5-7-15(14(12)11-13)18-16(19)4-2/h5-7,13,17H,3-4,8-11H2,1-2H3,(H,18,19). The van der Waals surface area contributed by atoms with Crippen LogP contribution in [-0.4, -0.2) is 18.5 Å². The van der Waals surface area contributed by atoms with Crippen molar-refractivity contribution >= 4 is 11.6 Å². The lowest BCUT2D eigenvalue weighted by molar-refractivity contribution is -0.115. The fourth-order valence-corrected chi connectivity index (χ4v) is 2.67. The lowest BCUT2D eigenvalue weighted by atomic mass is 9.87. The Morgan fingerprint density at radius 1 is 1.37 bits per heavy atom. The summed E-state index contributed by atoms with van der Waals surface area (Å²) in [5.41, 5.74) is 3.72. The van der Waals surface area contributed by atoms with Gasteiger partial charge in [-0.3, -0.25) is 4.79 Å². The minimum atomic E-state index is 0.0945. The Balaban J connectivity index is 2.13. The van der Waals surface area contributed by atoms with E-state index in [4.69, 9.17) is 0 Å². The number of benzene rings is 1. The number of carbonyl (C=O) groups is 1. The topological polar surface area (TPSA) is 41.1 Å². The molecule has 0 fully saturated rings. The predicted molar refractivity (Wildman–Crippen MR) is 79.5 cm³/mol. The van der Waals surface area contributed by atoms with Gasteiger partial charge in [0.05, 0.1) is 0 Å². The first-order valence-corrected chi connectivity index (χ1v) is 7.38. The van der Waals surface area contributed by atoms with Gasteiger partial charge in [0.15, 0.2) is 0 Å². The van der Waals surface area contributed by atoms with Crippen LogP contribution in [0.15, 0.2) is 18.2 Å². The SMILES string of the molecule is CCCNC1CCc2cccc(NC(=O)CC)c2C1. The second kappa shape index (κ2) is 6.71. The number of hydrogen-bond donors (Lipinski definition) is 2. The van der Waals surface area contributed by atoms with E-state index in [-0.39, 0.29) is 5.91 Å². The minimum Gasteiger partial charge on any atom is -0.326 e. The molecule has 2 N–H and O–H groups in total. The molecule has 104 valence electrons. The summed E-state index contributed by atoms with van der Waals surface area (Å²) in [4.78, 5) is 11.6. The van der Waals surface area contributed by atoms with Crippen molar-refractivity contribution in [2.45, 2.75) is 52.0 Å². The fraction of sp³-hybridized carbons (Fsp3) is 0.562. The number of anilines is 1. The van der Waals surface area contributed by atoms with Gasteiger partial charge in [0, 0.05) is 18.2 Å². The van der Waals surface area contributed by atoms with Crippen molar-refractivity contribution in [1.29, 1.82) is 0 Å². The number of fused-ring (bicyclic) bond motifs is 1. The van der Waals surface area contributed by atoms with Crippen LogP contribution in [-0.2, 0) is 17.6 Å². The van der Waals surface area contributed by atoms with E-state index >= 15 is 0 Å². The molecule has 0 saturated heterocycles. The molecule has 0 saturated carbocycles. The molecule has 3 nitrogen and oxygen atoms in total. The van der Waals surface area contributed by atoms with Crippen LogP contribution in [0.2, 0.25) is 0 Å². The summed E-state index contributed by atoms with van der Waals surface area (Å²) >= 11 is 0. The average Bonchev–Trinajstić information content (AvgIpc) is 2.45. The third-order valence-corrected chi connectivity index (χ3v) is 3.76.